The summed E-state index contributed by atoms with van der Waals surface area (Å²) in [5.74, 6) is -0.597. The highest BCUT2D eigenvalue weighted by molar-refractivity contribution is 5.70. The Labute approximate surface area is 359 Å². The Kier molecular flexibility index (Phi) is 46.5. The van der Waals surface area contributed by atoms with Gasteiger partial charge < -0.3 is 14.6 Å². The maximum Gasteiger partial charge on any atom is 0.306 e. The molecule has 0 heterocycles. The zero-order chi connectivity index (χ0) is 42.1. The summed E-state index contributed by atoms with van der Waals surface area (Å²) in [5.41, 5.74) is 0. The summed E-state index contributed by atoms with van der Waals surface area (Å²) in [6.07, 6.45) is 65.6. The van der Waals surface area contributed by atoms with E-state index in [-0.39, 0.29) is 25.2 Å². The second-order valence-corrected chi connectivity index (χ2v) is 16.2. The van der Waals surface area contributed by atoms with Crippen LogP contribution in [-0.2, 0) is 19.1 Å². The lowest BCUT2D eigenvalue weighted by molar-refractivity contribution is -0.161. The molecule has 0 aromatic rings. The van der Waals surface area contributed by atoms with E-state index >= 15 is 0 Å². The number of esters is 2. The van der Waals surface area contributed by atoms with Gasteiger partial charge in [-0.25, -0.2) is 0 Å². The Morgan fingerprint density at radius 2 is 0.741 bits per heavy atom. The van der Waals surface area contributed by atoms with Gasteiger partial charge in [0, 0.05) is 12.8 Å². The standard InChI is InChI=1S/C53H92O5/c1-3-5-7-9-11-13-15-17-19-21-22-23-24-25-26-27-28-29-30-32-34-36-38-40-42-44-46-48-53(56)58-51(49-54)50-57-52(55)47-45-43-41-39-37-35-33-31-20-18-16-14-12-10-8-6-4-2/h5,7,11,13,17-20,22-23,25-26,51,54H,3-4,6,8-10,12,14-16,21,24,27-50H2,1-2H3/b7-5-,13-11-,19-17-,20-18-,23-22-,26-25-. The predicted octanol–water partition coefficient (Wildman–Crippen LogP) is 16.1. The Bertz CT molecular complexity index is 1050. The molecule has 334 valence electrons. The average Bonchev–Trinajstić information content (AvgIpc) is 3.23. The van der Waals surface area contributed by atoms with Crippen LogP contribution in [0.1, 0.15) is 232 Å². The van der Waals surface area contributed by atoms with E-state index in [4.69, 9.17) is 9.47 Å². The number of unbranched alkanes of at least 4 members (excludes halogenated alkanes) is 24. The van der Waals surface area contributed by atoms with Gasteiger partial charge in [-0.05, 0) is 83.5 Å². The lowest BCUT2D eigenvalue weighted by Crippen LogP contribution is -2.28. The van der Waals surface area contributed by atoms with Crippen molar-refractivity contribution < 1.29 is 24.2 Å². The third-order valence-corrected chi connectivity index (χ3v) is 10.5. The number of carbonyl (C=O) groups is 2. The van der Waals surface area contributed by atoms with Crippen LogP contribution in [-0.4, -0.2) is 36.4 Å². The van der Waals surface area contributed by atoms with Gasteiger partial charge in [-0.15, -0.1) is 0 Å². The minimum atomic E-state index is -0.778. The number of carbonyl (C=O) groups excluding carboxylic acids is 2. The van der Waals surface area contributed by atoms with Crippen LogP contribution in [0.25, 0.3) is 0 Å². The van der Waals surface area contributed by atoms with Gasteiger partial charge in [0.2, 0.25) is 0 Å². The van der Waals surface area contributed by atoms with Gasteiger partial charge in [0.05, 0.1) is 6.61 Å². The molecule has 58 heavy (non-hydrogen) atoms. The molecule has 5 nitrogen and oxygen atoms in total. The van der Waals surface area contributed by atoms with Crippen molar-refractivity contribution in [3.05, 3.63) is 72.9 Å². The minimum absolute atomic E-state index is 0.0707. The molecule has 0 aliphatic rings. The summed E-state index contributed by atoms with van der Waals surface area (Å²) in [6.45, 7) is 4.03. The number of aliphatic hydroxyl groups is 1. The summed E-state index contributed by atoms with van der Waals surface area (Å²) >= 11 is 0. The van der Waals surface area contributed by atoms with Crippen molar-refractivity contribution >= 4 is 11.9 Å². The second kappa shape index (κ2) is 48.7. The minimum Gasteiger partial charge on any atom is -0.462 e. The molecule has 0 rings (SSSR count). The van der Waals surface area contributed by atoms with Crippen molar-refractivity contribution in [3.8, 4) is 0 Å². The summed E-state index contributed by atoms with van der Waals surface area (Å²) in [4.78, 5) is 24.4. The zero-order valence-electron chi connectivity index (χ0n) is 38.0. The monoisotopic (exact) mass is 809 g/mol. The number of aliphatic hydroxyl groups excluding tert-OH is 1. The maximum absolute atomic E-state index is 12.3. The van der Waals surface area contributed by atoms with Crippen LogP contribution in [0.15, 0.2) is 72.9 Å². The molecular formula is C53H92O5. The molecule has 1 atom stereocenters. The van der Waals surface area contributed by atoms with Gasteiger partial charge in [0.25, 0.3) is 0 Å². The first kappa shape index (κ1) is 55.3. The molecule has 0 bridgehead atoms. The SMILES string of the molecule is CC/C=C\C/C=C\C/C=C\C/C=C\C/C=C\CCCCCCCCCCCCCC(=O)OC(CO)COC(=O)CCCCCCCCC/C=C\CCCCCCCC. The second-order valence-electron chi connectivity index (χ2n) is 16.2. The van der Waals surface area contributed by atoms with E-state index in [0.29, 0.717) is 12.8 Å². The molecule has 0 fully saturated rings. The molecule has 0 aliphatic carbocycles. The van der Waals surface area contributed by atoms with Crippen LogP contribution in [0.2, 0.25) is 0 Å². The van der Waals surface area contributed by atoms with E-state index in [2.05, 4.69) is 86.8 Å². The van der Waals surface area contributed by atoms with Crippen LogP contribution in [0, 0.1) is 0 Å². The van der Waals surface area contributed by atoms with Gasteiger partial charge in [-0.3, -0.25) is 9.59 Å². The summed E-state index contributed by atoms with van der Waals surface area (Å²) in [6, 6.07) is 0. The Balaban J connectivity index is 3.53. The van der Waals surface area contributed by atoms with Crippen molar-refractivity contribution in [1.29, 1.82) is 0 Å². The smallest absolute Gasteiger partial charge is 0.306 e. The largest absolute Gasteiger partial charge is 0.462 e. The highest BCUT2D eigenvalue weighted by atomic mass is 16.6. The molecule has 0 amide bonds. The Morgan fingerprint density at radius 1 is 0.414 bits per heavy atom. The molecule has 0 saturated carbocycles. The average molecular weight is 809 g/mol. The number of rotatable bonds is 44. The van der Waals surface area contributed by atoms with Crippen LogP contribution in [0.4, 0.5) is 0 Å². The Hall–Kier alpha value is -2.66. The Morgan fingerprint density at radius 3 is 1.14 bits per heavy atom. The van der Waals surface area contributed by atoms with Crippen LogP contribution < -0.4 is 0 Å². The molecular weight excluding hydrogens is 717 g/mol. The first-order chi connectivity index (χ1) is 28.6. The topological polar surface area (TPSA) is 72.8 Å². The van der Waals surface area contributed by atoms with Crippen molar-refractivity contribution in [2.75, 3.05) is 13.2 Å². The quantitative estimate of drug-likeness (QED) is 0.0377. The van der Waals surface area contributed by atoms with E-state index in [1.165, 1.54) is 135 Å². The highest BCUT2D eigenvalue weighted by Gasteiger charge is 2.16. The molecule has 1 N–H and O–H groups in total. The molecule has 0 saturated heterocycles. The summed E-state index contributed by atoms with van der Waals surface area (Å²) < 4.78 is 10.7. The van der Waals surface area contributed by atoms with Crippen molar-refractivity contribution in [3.63, 3.8) is 0 Å². The molecule has 5 heteroatoms. The van der Waals surface area contributed by atoms with Crippen molar-refractivity contribution in [1.82, 2.24) is 0 Å². The normalized spacial score (nSPS) is 12.8. The third kappa shape index (κ3) is 46.0. The number of hydrogen-bond donors (Lipinski definition) is 1. The number of hydrogen-bond acceptors (Lipinski definition) is 5. The van der Waals surface area contributed by atoms with Gasteiger partial charge >= 0.3 is 11.9 Å². The van der Waals surface area contributed by atoms with Crippen molar-refractivity contribution in [2.24, 2.45) is 0 Å². The fraction of sp³-hybridized carbons (Fsp3) is 0.736. The van der Waals surface area contributed by atoms with Gasteiger partial charge in [0.15, 0.2) is 6.10 Å². The van der Waals surface area contributed by atoms with E-state index in [0.717, 1.165) is 70.6 Å². The molecule has 0 aliphatic heterocycles. The molecule has 0 aromatic heterocycles. The van der Waals surface area contributed by atoms with Gasteiger partial charge in [-0.1, -0.05) is 209 Å². The summed E-state index contributed by atoms with van der Waals surface area (Å²) in [5, 5.41) is 9.61. The third-order valence-electron chi connectivity index (χ3n) is 10.5. The first-order valence-corrected chi connectivity index (χ1v) is 24.5. The maximum atomic E-state index is 12.3. The number of ether oxygens (including phenoxy) is 2. The predicted molar refractivity (Wildman–Crippen MR) is 251 cm³/mol. The van der Waals surface area contributed by atoms with Crippen LogP contribution in [0.3, 0.4) is 0 Å². The number of allylic oxidation sites excluding steroid dienone is 12. The fourth-order valence-electron chi connectivity index (χ4n) is 6.81. The van der Waals surface area contributed by atoms with Crippen LogP contribution >= 0.6 is 0 Å². The van der Waals surface area contributed by atoms with Crippen LogP contribution in [0.5, 0.6) is 0 Å². The molecule has 1 unspecified atom stereocenters. The molecule has 0 aromatic carbocycles. The van der Waals surface area contributed by atoms with E-state index in [1.807, 2.05) is 0 Å². The lowest BCUT2D eigenvalue weighted by atomic mass is 10.0. The molecule has 0 radical (unpaired) electrons. The van der Waals surface area contributed by atoms with E-state index in [1.54, 1.807) is 0 Å². The molecule has 0 spiro atoms. The van der Waals surface area contributed by atoms with Crippen molar-refractivity contribution in [2.45, 2.75) is 238 Å². The first-order valence-electron chi connectivity index (χ1n) is 24.5. The van der Waals surface area contributed by atoms with Gasteiger partial charge in [0.1, 0.15) is 6.61 Å². The zero-order valence-corrected chi connectivity index (χ0v) is 38.0. The van der Waals surface area contributed by atoms with E-state index < -0.39 is 6.10 Å². The van der Waals surface area contributed by atoms with E-state index in [9.17, 15) is 14.7 Å². The highest BCUT2D eigenvalue weighted by Crippen LogP contribution is 2.15. The lowest BCUT2D eigenvalue weighted by Gasteiger charge is -2.15. The van der Waals surface area contributed by atoms with Gasteiger partial charge in [-0.2, -0.15) is 0 Å². The fourth-order valence-corrected chi connectivity index (χ4v) is 6.81. The summed E-state index contributed by atoms with van der Waals surface area (Å²) in [7, 11) is 0.